The highest BCUT2D eigenvalue weighted by Gasteiger charge is 1.89. The molecule has 1 nitrogen and oxygen atoms in total. The summed E-state index contributed by atoms with van der Waals surface area (Å²) in [4.78, 5) is 9.92. The van der Waals surface area contributed by atoms with Crippen LogP contribution in [0.15, 0.2) is 12.2 Å². The summed E-state index contributed by atoms with van der Waals surface area (Å²) in [5, 5.41) is 1.13. The van der Waals surface area contributed by atoms with Crippen molar-refractivity contribution in [2.24, 2.45) is 0 Å². The van der Waals surface area contributed by atoms with E-state index in [1.54, 1.807) is 6.08 Å². The van der Waals surface area contributed by atoms with Crippen molar-refractivity contribution in [3.63, 3.8) is 0 Å². The number of carbonyl (C=O) groups excluding carboxylic acids is 1. The molecule has 0 fully saturated rings. The third kappa shape index (κ3) is 11.9. The third-order valence-corrected chi connectivity index (χ3v) is 2.53. The first kappa shape index (κ1) is 12.9. The van der Waals surface area contributed by atoms with E-state index in [1.165, 1.54) is 38.5 Å². The molecule has 0 radical (unpaired) electrons. The smallest absolute Gasteiger partial charge is 0.142 e. The van der Waals surface area contributed by atoms with Gasteiger partial charge in [-0.1, -0.05) is 47.7 Å². The maximum atomic E-state index is 9.92. The molecule has 0 aliphatic rings. The summed E-state index contributed by atoms with van der Waals surface area (Å²) >= 11 is 3.42. The Morgan fingerprint density at radius 2 is 1.54 bits per heavy atom. The molecular weight excluding hydrogens is 228 g/mol. The summed E-state index contributed by atoms with van der Waals surface area (Å²) in [6, 6.07) is 0. The number of allylic oxidation sites excluding steroid dienone is 2. The van der Waals surface area contributed by atoms with Gasteiger partial charge in [0.25, 0.3) is 0 Å². The number of hydrogen-bond donors (Lipinski definition) is 0. The van der Waals surface area contributed by atoms with Gasteiger partial charge in [-0.25, -0.2) is 0 Å². The Balaban J connectivity index is 2.91. The van der Waals surface area contributed by atoms with Gasteiger partial charge in [-0.15, -0.1) is 0 Å². The van der Waals surface area contributed by atoms with E-state index in [0.29, 0.717) is 0 Å². The molecule has 0 aromatic rings. The number of carbonyl (C=O) groups is 1. The summed E-state index contributed by atoms with van der Waals surface area (Å²) in [6.45, 7) is 0. The Morgan fingerprint density at radius 3 is 2.15 bits per heavy atom. The van der Waals surface area contributed by atoms with Gasteiger partial charge in [-0.3, -0.25) is 4.79 Å². The number of halogens is 1. The predicted octanol–water partition coefficient (Wildman–Crippen LogP) is 3.87. The van der Waals surface area contributed by atoms with Crippen molar-refractivity contribution in [3.8, 4) is 0 Å². The van der Waals surface area contributed by atoms with E-state index in [1.807, 2.05) is 6.08 Å². The zero-order valence-electron chi connectivity index (χ0n) is 8.18. The van der Waals surface area contributed by atoms with Gasteiger partial charge in [-0.05, 0) is 25.3 Å². The van der Waals surface area contributed by atoms with Crippen LogP contribution in [0.3, 0.4) is 0 Å². The van der Waals surface area contributed by atoms with Crippen molar-refractivity contribution in [1.82, 2.24) is 0 Å². The molecule has 0 aromatic heterocycles. The lowest BCUT2D eigenvalue weighted by Crippen LogP contribution is -1.80. The monoisotopic (exact) mass is 246 g/mol. The lowest BCUT2D eigenvalue weighted by atomic mass is 10.1. The molecule has 0 aliphatic heterocycles. The van der Waals surface area contributed by atoms with Gasteiger partial charge in [0.1, 0.15) is 6.29 Å². The molecule has 0 N–H and O–H groups in total. The number of alkyl halides is 1. The molecule has 0 rings (SSSR count). The fourth-order valence-corrected chi connectivity index (χ4v) is 1.61. The van der Waals surface area contributed by atoms with Crippen LogP contribution in [0.25, 0.3) is 0 Å². The maximum absolute atomic E-state index is 9.92. The van der Waals surface area contributed by atoms with Crippen molar-refractivity contribution in [1.29, 1.82) is 0 Å². The number of hydrogen-bond acceptors (Lipinski definition) is 1. The molecule has 0 aromatic carbocycles. The fourth-order valence-electron chi connectivity index (χ4n) is 1.22. The van der Waals surface area contributed by atoms with Crippen molar-refractivity contribution >= 4 is 22.2 Å². The number of rotatable bonds is 9. The van der Waals surface area contributed by atoms with Crippen LogP contribution in [0.4, 0.5) is 0 Å². The molecule has 0 bridgehead atoms. The molecule has 76 valence electrons. The average molecular weight is 247 g/mol. The second kappa shape index (κ2) is 11.9. The minimum Gasteiger partial charge on any atom is -0.299 e. The Morgan fingerprint density at radius 1 is 0.923 bits per heavy atom. The second-order valence-electron chi connectivity index (χ2n) is 3.16. The number of aldehydes is 1. The van der Waals surface area contributed by atoms with Gasteiger partial charge in [-0.2, -0.15) is 0 Å². The molecule has 0 heterocycles. The average Bonchev–Trinajstić information content (AvgIpc) is 2.16. The highest BCUT2D eigenvalue weighted by Crippen LogP contribution is 2.08. The third-order valence-electron chi connectivity index (χ3n) is 1.97. The van der Waals surface area contributed by atoms with Gasteiger partial charge in [0.05, 0.1) is 0 Å². The SMILES string of the molecule is O=C/C=C\CCCCCCCCBr. The lowest BCUT2D eigenvalue weighted by Gasteiger charge is -1.97. The van der Waals surface area contributed by atoms with E-state index >= 15 is 0 Å². The zero-order valence-corrected chi connectivity index (χ0v) is 9.76. The molecule has 0 unspecified atom stereocenters. The fraction of sp³-hybridized carbons (Fsp3) is 0.727. The summed E-state index contributed by atoms with van der Waals surface area (Å²) < 4.78 is 0. The normalized spacial score (nSPS) is 10.8. The summed E-state index contributed by atoms with van der Waals surface area (Å²) in [5.41, 5.74) is 0. The van der Waals surface area contributed by atoms with E-state index in [0.717, 1.165) is 18.0 Å². The molecule has 2 heteroatoms. The van der Waals surface area contributed by atoms with E-state index in [-0.39, 0.29) is 0 Å². The van der Waals surface area contributed by atoms with Crippen LogP contribution in [0.2, 0.25) is 0 Å². The topological polar surface area (TPSA) is 17.1 Å². The summed E-state index contributed by atoms with van der Waals surface area (Å²) in [7, 11) is 0. The van der Waals surface area contributed by atoms with Crippen molar-refractivity contribution in [3.05, 3.63) is 12.2 Å². The van der Waals surface area contributed by atoms with E-state index in [2.05, 4.69) is 15.9 Å². The summed E-state index contributed by atoms with van der Waals surface area (Å²) in [6.07, 6.45) is 13.3. The predicted molar refractivity (Wildman–Crippen MR) is 61.3 cm³/mol. The molecule has 0 spiro atoms. The highest BCUT2D eigenvalue weighted by atomic mass is 79.9. The van der Waals surface area contributed by atoms with E-state index < -0.39 is 0 Å². The molecule has 0 saturated carbocycles. The Labute approximate surface area is 89.7 Å². The molecule has 13 heavy (non-hydrogen) atoms. The van der Waals surface area contributed by atoms with Crippen LogP contribution < -0.4 is 0 Å². The van der Waals surface area contributed by atoms with Crippen LogP contribution in [0, 0.1) is 0 Å². The van der Waals surface area contributed by atoms with Crippen LogP contribution in [-0.2, 0) is 4.79 Å². The zero-order chi connectivity index (χ0) is 9.78. The van der Waals surface area contributed by atoms with Crippen molar-refractivity contribution < 1.29 is 4.79 Å². The van der Waals surface area contributed by atoms with Crippen LogP contribution in [-0.4, -0.2) is 11.6 Å². The largest absolute Gasteiger partial charge is 0.299 e. The van der Waals surface area contributed by atoms with Crippen LogP contribution in [0.1, 0.15) is 44.9 Å². The molecule has 0 atom stereocenters. The van der Waals surface area contributed by atoms with Gasteiger partial charge in [0.15, 0.2) is 0 Å². The van der Waals surface area contributed by atoms with Gasteiger partial charge < -0.3 is 0 Å². The van der Waals surface area contributed by atoms with Crippen molar-refractivity contribution in [2.75, 3.05) is 5.33 Å². The molecular formula is C11H19BrO. The second-order valence-corrected chi connectivity index (χ2v) is 3.96. The Bertz CT molecular complexity index is 132. The molecule has 0 aliphatic carbocycles. The lowest BCUT2D eigenvalue weighted by molar-refractivity contribution is -0.104. The number of unbranched alkanes of at least 4 members (excludes halogenated alkanes) is 6. The standard InChI is InChI=1S/C11H19BrO/c12-10-8-6-4-2-1-3-5-7-9-11-13/h7,9,11H,1-6,8,10H2/b9-7-. The quantitative estimate of drug-likeness (QED) is 0.261. The minimum atomic E-state index is 0.843. The van der Waals surface area contributed by atoms with Crippen LogP contribution >= 0.6 is 15.9 Å². The molecule has 0 saturated heterocycles. The maximum Gasteiger partial charge on any atom is 0.142 e. The minimum absolute atomic E-state index is 0.843. The first-order chi connectivity index (χ1) is 6.41. The van der Waals surface area contributed by atoms with Crippen LogP contribution in [0.5, 0.6) is 0 Å². The first-order valence-electron chi connectivity index (χ1n) is 5.08. The molecule has 0 amide bonds. The van der Waals surface area contributed by atoms with Gasteiger partial charge in [0.2, 0.25) is 0 Å². The van der Waals surface area contributed by atoms with Gasteiger partial charge >= 0.3 is 0 Å². The van der Waals surface area contributed by atoms with E-state index in [9.17, 15) is 4.79 Å². The first-order valence-corrected chi connectivity index (χ1v) is 6.20. The van der Waals surface area contributed by atoms with Gasteiger partial charge in [0, 0.05) is 5.33 Å². The Kier molecular flexibility index (Phi) is 11.8. The summed E-state index contributed by atoms with van der Waals surface area (Å²) in [5.74, 6) is 0. The Hall–Kier alpha value is -0.110. The van der Waals surface area contributed by atoms with Crippen molar-refractivity contribution in [2.45, 2.75) is 44.9 Å². The highest BCUT2D eigenvalue weighted by molar-refractivity contribution is 9.09. The van der Waals surface area contributed by atoms with E-state index in [4.69, 9.17) is 0 Å².